The molecule has 0 bridgehead atoms. The number of thiophene rings is 1. The molecule has 0 aliphatic heterocycles. The minimum absolute atomic E-state index is 0.345. The van der Waals surface area contributed by atoms with Gasteiger partial charge in [0.2, 0.25) is 0 Å². The molecular formula is C67H45NO2S. The van der Waals surface area contributed by atoms with E-state index in [4.69, 9.17) is 8.83 Å². The summed E-state index contributed by atoms with van der Waals surface area (Å²) in [7, 11) is 0. The molecule has 0 saturated carbocycles. The molecule has 4 heteroatoms. The first-order valence-electron chi connectivity index (χ1n) is 24.8. The van der Waals surface area contributed by atoms with Crippen LogP contribution in [0.2, 0.25) is 0 Å². The fourth-order valence-electron chi connectivity index (χ4n) is 12.4. The molecule has 2 aliphatic rings. The molecule has 2 unspecified atom stereocenters. The van der Waals surface area contributed by atoms with Gasteiger partial charge in [-0.15, -0.1) is 11.3 Å². The van der Waals surface area contributed by atoms with Gasteiger partial charge in [-0.2, -0.15) is 0 Å². The highest BCUT2D eigenvalue weighted by molar-refractivity contribution is 7.25. The Labute approximate surface area is 415 Å². The van der Waals surface area contributed by atoms with Gasteiger partial charge in [0.05, 0.1) is 0 Å². The van der Waals surface area contributed by atoms with Gasteiger partial charge in [0.1, 0.15) is 27.9 Å². The van der Waals surface area contributed by atoms with Crippen molar-refractivity contribution in [3.8, 4) is 22.3 Å². The van der Waals surface area contributed by atoms with Crippen LogP contribution in [0, 0.1) is 0 Å². The quantitative estimate of drug-likeness (QED) is 0.144. The van der Waals surface area contributed by atoms with Crippen molar-refractivity contribution in [2.24, 2.45) is 0 Å². The number of hydrogen-bond acceptors (Lipinski definition) is 4. The minimum atomic E-state index is -0.688. The molecule has 3 aromatic heterocycles. The molecule has 1 spiro atoms. The van der Waals surface area contributed by atoms with Crippen LogP contribution in [-0.4, -0.2) is 0 Å². The maximum absolute atomic E-state index is 7.28. The largest absolute Gasteiger partial charge is 0.459 e. The Balaban J connectivity index is 0.883. The zero-order valence-electron chi connectivity index (χ0n) is 38.8. The summed E-state index contributed by atoms with van der Waals surface area (Å²) in [5, 5.41) is 6.07. The van der Waals surface area contributed by atoms with Gasteiger partial charge in [-0.25, -0.2) is 0 Å². The van der Waals surface area contributed by atoms with Crippen LogP contribution in [0.25, 0.3) is 75.3 Å². The molecule has 3 nitrogen and oxygen atoms in total. The number of aryl methyl sites for hydroxylation is 1. The summed E-state index contributed by atoms with van der Waals surface area (Å²) in [6.45, 7) is 0. The van der Waals surface area contributed by atoms with Gasteiger partial charge in [0, 0.05) is 59.0 Å². The number of nitrogens with zero attached hydrogens (tertiary/aromatic N) is 1. The van der Waals surface area contributed by atoms with Gasteiger partial charge in [-0.05, 0) is 148 Å². The van der Waals surface area contributed by atoms with E-state index in [2.05, 4.69) is 229 Å². The van der Waals surface area contributed by atoms with Crippen LogP contribution >= 0.6 is 11.3 Å². The number of furan rings is 2. The third kappa shape index (κ3) is 6.14. The second-order valence-electron chi connectivity index (χ2n) is 19.4. The van der Waals surface area contributed by atoms with E-state index < -0.39 is 5.41 Å². The topological polar surface area (TPSA) is 29.5 Å². The summed E-state index contributed by atoms with van der Waals surface area (Å²) >= 11 is 1.89. The van der Waals surface area contributed by atoms with Crippen LogP contribution < -0.4 is 4.90 Å². The van der Waals surface area contributed by atoms with Gasteiger partial charge >= 0.3 is 0 Å². The molecular weight excluding hydrogens is 883 g/mol. The molecule has 15 rings (SSSR count). The molecule has 0 saturated heterocycles. The number of rotatable bonds is 9. The second kappa shape index (κ2) is 15.8. The van der Waals surface area contributed by atoms with Crippen molar-refractivity contribution in [3.05, 3.63) is 270 Å². The van der Waals surface area contributed by atoms with Crippen molar-refractivity contribution in [2.75, 3.05) is 4.90 Å². The number of para-hydroxylation sites is 3. The summed E-state index contributed by atoms with van der Waals surface area (Å²) in [6, 6.07) is 84.9. The van der Waals surface area contributed by atoms with E-state index in [1.54, 1.807) is 0 Å². The lowest BCUT2D eigenvalue weighted by Gasteiger charge is -2.31. The predicted octanol–water partition coefficient (Wildman–Crippen LogP) is 18.5. The number of fused-ring (bicyclic) bond motifs is 18. The van der Waals surface area contributed by atoms with Gasteiger partial charge in [-0.3, -0.25) is 0 Å². The average Bonchev–Trinajstić information content (AvgIpc) is 4.25. The van der Waals surface area contributed by atoms with Gasteiger partial charge < -0.3 is 13.7 Å². The fourth-order valence-corrected chi connectivity index (χ4v) is 13.5. The van der Waals surface area contributed by atoms with Gasteiger partial charge in [-0.1, -0.05) is 158 Å². The fraction of sp³-hybridized carbons (Fsp3) is 0.0746. The highest BCUT2D eigenvalue weighted by atomic mass is 32.1. The SMILES string of the molecule is c1ccc(C(CCc2ccc3c(c2)C2(c4ccccc4-3)c3cc(N(c4ccccc4)c4ccc5oc6ccccc6c5c4)ccc3-c3c2oc2ccccc32)Cc2ccc3sc4ccccc4c3c2)cc1. The van der Waals surface area contributed by atoms with Crippen molar-refractivity contribution in [1.29, 1.82) is 0 Å². The van der Waals surface area contributed by atoms with E-state index in [1.807, 2.05) is 17.4 Å². The van der Waals surface area contributed by atoms with Crippen molar-refractivity contribution in [2.45, 2.75) is 30.6 Å². The summed E-state index contributed by atoms with van der Waals surface area (Å²) in [4.78, 5) is 2.40. The smallest absolute Gasteiger partial charge is 0.135 e. The maximum atomic E-state index is 7.28. The third-order valence-corrected chi connectivity index (χ3v) is 16.7. The van der Waals surface area contributed by atoms with Crippen LogP contribution in [0.3, 0.4) is 0 Å². The van der Waals surface area contributed by atoms with Crippen LogP contribution in [0.4, 0.5) is 17.1 Å². The third-order valence-electron chi connectivity index (χ3n) is 15.6. The first kappa shape index (κ1) is 40.4. The zero-order valence-corrected chi connectivity index (χ0v) is 39.6. The Kier molecular flexibility index (Phi) is 9.00. The van der Waals surface area contributed by atoms with Gasteiger partial charge in [0.25, 0.3) is 0 Å². The monoisotopic (exact) mass is 927 g/mol. The lowest BCUT2D eigenvalue weighted by Crippen LogP contribution is -2.26. The van der Waals surface area contributed by atoms with Gasteiger partial charge in [0.15, 0.2) is 0 Å². The highest BCUT2D eigenvalue weighted by Crippen LogP contribution is 2.65. The van der Waals surface area contributed by atoms with Crippen LogP contribution in [-0.2, 0) is 18.3 Å². The van der Waals surface area contributed by atoms with E-state index in [-0.39, 0.29) is 0 Å². The molecule has 2 atom stereocenters. The minimum Gasteiger partial charge on any atom is -0.459 e. The van der Waals surface area contributed by atoms with E-state index in [1.165, 1.54) is 75.8 Å². The maximum Gasteiger partial charge on any atom is 0.135 e. The number of benzene rings is 10. The summed E-state index contributed by atoms with van der Waals surface area (Å²) in [5.41, 5.74) is 18.1. The van der Waals surface area contributed by atoms with Crippen LogP contribution in [0.1, 0.15) is 51.5 Å². The zero-order chi connectivity index (χ0) is 46.6. The van der Waals surface area contributed by atoms with E-state index in [0.29, 0.717) is 5.92 Å². The Morgan fingerprint density at radius 3 is 1.92 bits per heavy atom. The predicted molar refractivity (Wildman–Crippen MR) is 295 cm³/mol. The van der Waals surface area contributed by atoms with E-state index in [0.717, 1.165) is 75.0 Å². The number of anilines is 3. The molecule has 336 valence electrons. The summed E-state index contributed by atoms with van der Waals surface area (Å²) in [6.07, 6.45) is 2.93. The van der Waals surface area contributed by atoms with Crippen molar-refractivity contribution >= 4 is 81.5 Å². The molecule has 10 aromatic carbocycles. The Morgan fingerprint density at radius 2 is 1.04 bits per heavy atom. The first-order valence-corrected chi connectivity index (χ1v) is 25.6. The van der Waals surface area contributed by atoms with E-state index in [9.17, 15) is 0 Å². The Hall–Kier alpha value is -8.44. The molecule has 0 amide bonds. The standard InChI is InChI=1S/C67H45NO2S/c1-3-15-44(16-4-1)45(37-43-29-36-64-56(38-43)52-21-10-14-26-63(52)71-64)30-27-42-28-33-50-49-19-7-11-23-57(49)67(58(50)39-42)59-41-48(31-34-53(59)65-54-22-9-13-25-61(54)70-66(65)67)68(46-17-5-2-6-18-46)47-32-35-62-55(40-47)51-20-8-12-24-60(51)69-62/h1-26,28-29,31-36,38-41,45H,27,30,37H2. The molecule has 2 aliphatic carbocycles. The second-order valence-corrected chi connectivity index (χ2v) is 20.5. The average molecular weight is 928 g/mol. The molecule has 13 aromatic rings. The Morgan fingerprint density at radius 1 is 0.408 bits per heavy atom. The van der Waals surface area contributed by atoms with Crippen LogP contribution in [0.15, 0.2) is 239 Å². The molecule has 71 heavy (non-hydrogen) atoms. The van der Waals surface area contributed by atoms with Crippen molar-refractivity contribution in [3.63, 3.8) is 0 Å². The lowest BCUT2D eigenvalue weighted by molar-refractivity contribution is 0.506. The highest BCUT2D eigenvalue weighted by Gasteiger charge is 2.55. The lowest BCUT2D eigenvalue weighted by atomic mass is 9.72. The number of hydrogen-bond donors (Lipinski definition) is 0. The first-order chi connectivity index (χ1) is 35.2. The van der Waals surface area contributed by atoms with Crippen molar-refractivity contribution < 1.29 is 8.83 Å². The molecule has 0 fully saturated rings. The molecule has 0 radical (unpaired) electrons. The van der Waals surface area contributed by atoms with Crippen LogP contribution in [0.5, 0.6) is 0 Å². The molecule has 0 N–H and O–H groups in total. The van der Waals surface area contributed by atoms with Crippen molar-refractivity contribution in [1.82, 2.24) is 0 Å². The Bertz CT molecular complexity index is 4240. The normalized spacial score (nSPS) is 14.9. The molecule has 3 heterocycles. The summed E-state index contributed by atoms with van der Waals surface area (Å²) in [5.74, 6) is 1.35. The van der Waals surface area contributed by atoms with E-state index >= 15 is 0 Å². The summed E-state index contributed by atoms with van der Waals surface area (Å²) < 4.78 is 16.3.